The Hall–Kier alpha value is -0.420. The summed E-state index contributed by atoms with van der Waals surface area (Å²) in [6.45, 7) is 2.99. The van der Waals surface area contributed by atoms with Crippen LogP contribution < -0.4 is 5.32 Å². The fraction of sp³-hybridized carbons (Fsp3) is 0.286. The molecule has 2 aromatic rings. The molecular formula is C14H14BrClFNS. The Morgan fingerprint density at radius 1 is 1.37 bits per heavy atom. The Balaban J connectivity index is 2.40. The molecule has 0 saturated carbocycles. The molecule has 0 fully saturated rings. The molecule has 5 heteroatoms. The van der Waals surface area contributed by atoms with Gasteiger partial charge in [0.1, 0.15) is 5.82 Å². The van der Waals surface area contributed by atoms with Crippen molar-refractivity contribution < 1.29 is 4.39 Å². The molecule has 1 heterocycles. The van der Waals surface area contributed by atoms with Crippen molar-refractivity contribution in [3.05, 3.63) is 55.4 Å². The fourth-order valence-corrected chi connectivity index (χ4v) is 3.74. The number of hydrogen-bond donors (Lipinski definition) is 1. The van der Waals surface area contributed by atoms with Crippen LogP contribution >= 0.6 is 38.9 Å². The predicted molar refractivity (Wildman–Crippen MR) is 83.6 cm³/mol. The summed E-state index contributed by atoms with van der Waals surface area (Å²) < 4.78 is 14.2. The summed E-state index contributed by atoms with van der Waals surface area (Å²) in [5.41, 5.74) is 2.03. The third kappa shape index (κ3) is 3.57. The maximum Gasteiger partial charge on any atom is 0.124 e. The van der Waals surface area contributed by atoms with Gasteiger partial charge in [-0.15, -0.1) is 0 Å². The number of benzene rings is 1. The van der Waals surface area contributed by atoms with Gasteiger partial charge in [-0.25, -0.2) is 4.39 Å². The highest BCUT2D eigenvalue weighted by atomic mass is 79.9. The normalized spacial score (nSPS) is 12.6. The zero-order valence-corrected chi connectivity index (χ0v) is 13.6. The van der Waals surface area contributed by atoms with Crippen molar-refractivity contribution in [3.63, 3.8) is 0 Å². The second kappa shape index (κ2) is 6.84. The number of hydrogen-bond acceptors (Lipinski definition) is 2. The second-order valence-electron chi connectivity index (χ2n) is 4.23. The first-order valence-electron chi connectivity index (χ1n) is 6.03. The lowest BCUT2D eigenvalue weighted by Crippen LogP contribution is -2.23. The first kappa shape index (κ1) is 15.0. The summed E-state index contributed by atoms with van der Waals surface area (Å²) in [6.07, 6.45) is 1.02. The summed E-state index contributed by atoms with van der Waals surface area (Å²) in [4.78, 5) is 0. The van der Waals surface area contributed by atoms with Gasteiger partial charge in [0.15, 0.2) is 0 Å². The highest BCUT2D eigenvalue weighted by Crippen LogP contribution is 2.34. The van der Waals surface area contributed by atoms with Gasteiger partial charge in [-0.2, -0.15) is 11.3 Å². The smallest absolute Gasteiger partial charge is 0.124 e. The minimum Gasteiger partial charge on any atom is -0.306 e. The van der Waals surface area contributed by atoms with E-state index in [0.717, 1.165) is 28.6 Å². The summed E-state index contributed by atoms with van der Waals surface area (Å²) in [5.74, 6) is -0.313. The Labute approximate surface area is 129 Å². The first-order chi connectivity index (χ1) is 9.13. The van der Waals surface area contributed by atoms with E-state index in [2.05, 4.69) is 33.6 Å². The van der Waals surface area contributed by atoms with Gasteiger partial charge in [0.25, 0.3) is 0 Å². The van der Waals surface area contributed by atoms with Gasteiger partial charge >= 0.3 is 0 Å². The molecule has 0 amide bonds. The minimum absolute atomic E-state index is 0.0197. The van der Waals surface area contributed by atoms with Gasteiger partial charge in [-0.05, 0) is 57.5 Å². The third-order valence-corrected chi connectivity index (χ3v) is 4.90. The van der Waals surface area contributed by atoms with Crippen LogP contribution in [0.25, 0.3) is 0 Å². The van der Waals surface area contributed by atoms with Crippen LogP contribution in [-0.4, -0.2) is 6.54 Å². The third-order valence-electron chi connectivity index (χ3n) is 2.83. The standard InChI is InChI=1S/C14H14BrClFNS/c1-2-5-18-14(11-7-19-8-12(11)15)10-4-3-9(17)6-13(10)16/h3-4,6-8,14,18H,2,5H2,1H3. The van der Waals surface area contributed by atoms with E-state index < -0.39 is 0 Å². The summed E-state index contributed by atoms with van der Waals surface area (Å²) in [7, 11) is 0. The van der Waals surface area contributed by atoms with Crippen molar-refractivity contribution in [3.8, 4) is 0 Å². The second-order valence-corrected chi connectivity index (χ2v) is 6.23. The predicted octanol–water partition coefficient (Wildman–Crippen LogP) is 5.39. The summed E-state index contributed by atoms with van der Waals surface area (Å²) in [6, 6.07) is 4.53. The van der Waals surface area contributed by atoms with E-state index in [0.29, 0.717) is 5.02 Å². The topological polar surface area (TPSA) is 12.0 Å². The molecule has 0 aliphatic rings. The van der Waals surface area contributed by atoms with Crippen molar-refractivity contribution in [1.82, 2.24) is 5.32 Å². The number of thiophene rings is 1. The highest BCUT2D eigenvalue weighted by molar-refractivity contribution is 9.10. The van der Waals surface area contributed by atoms with Crippen molar-refractivity contribution >= 4 is 38.9 Å². The fourth-order valence-electron chi connectivity index (χ4n) is 1.91. The quantitative estimate of drug-likeness (QED) is 0.751. The molecular weight excluding hydrogens is 349 g/mol. The van der Waals surface area contributed by atoms with Crippen LogP contribution in [0, 0.1) is 5.82 Å². The van der Waals surface area contributed by atoms with Crippen LogP contribution in [-0.2, 0) is 0 Å². The molecule has 0 aliphatic heterocycles. The summed E-state index contributed by atoms with van der Waals surface area (Å²) >= 11 is 11.4. The largest absolute Gasteiger partial charge is 0.306 e. The van der Waals surface area contributed by atoms with E-state index in [1.54, 1.807) is 17.4 Å². The van der Waals surface area contributed by atoms with Crippen molar-refractivity contribution in [1.29, 1.82) is 0 Å². The van der Waals surface area contributed by atoms with E-state index in [9.17, 15) is 4.39 Å². The lowest BCUT2D eigenvalue weighted by atomic mass is 10.0. The zero-order valence-electron chi connectivity index (χ0n) is 10.4. The van der Waals surface area contributed by atoms with Gasteiger partial charge in [-0.3, -0.25) is 0 Å². The molecule has 1 aromatic carbocycles. The number of nitrogens with one attached hydrogen (secondary N) is 1. The van der Waals surface area contributed by atoms with E-state index in [-0.39, 0.29) is 11.9 Å². The molecule has 19 heavy (non-hydrogen) atoms. The lowest BCUT2D eigenvalue weighted by molar-refractivity contribution is 0.593. The van der Waals surface area contributed by atoms with Crippen LogP contribution in [0.15, 0.2) is 33.4 Å². The Kier molecular flexibility index (Phi) is 5.39. The van der Waals surface area contributed by atoms with Crippen LogP contribution in [0.5, 0.6) is 0 Å². The van der Waals surface area contributed by atoms with Gasteiger partial charge in [0, 0.05) is 14.9 Å². The maximum absolute atomic E-state index is 13.2. The van der Waals surface area contributed by atoms with Crippen molar-refractivity contribution in [2.75, 3.05) is 6.54 Å². The van der Waals surface area contributed by atoms with Crippen LogP contribution in [0.3, 0.4) is 0 Å². The maximum atomic E-state index is 13.2. The Bertz CT molecular complexity index is 558. The molecule has 1 nitrogen and oxygen atoms in total. The molecule has 0 bridgehead atoms. The Morgan fingerprint density at radius 2 is 2.16 bits per heavy atom. The highest BCUT2D eigenvalue weighted by Gasteiger charge is 2.19. The molecule has 0 saturated heterocycles. The average molecular weight is 363 g/mol. The SMILES string of the molecule is CCCNC(c1ccc(F)cc1Cl)c1cscc1Br. The number of halogens is 3. The molecule has 0 spiro atoms. The number of rotatable bonds is 5. The molecule has 1 unspecified atom stereocenters. The van der Waals surface area contributed by atoms with Crippen LogP contribution in [0.1, 0.15) is 30.5 Å². The monoisotopic (exact) mass is 361 g/mol. The van der Waals surface area contributed by atoms with Gasteiger partial charge in [0.05, 0.1) is 6.04 Å². The molecule has 0 radical (unpaired) electrons. The molecule has 0 aliphatic carbocycles. The Morgan fingerprint density at radius 3 is 2.74 bits per heavy atom. The molecule has 102 valence electrons. The van der Waals surface area contributed by atoms with E-state index in [4.69, 9.17) is 11.6 Å². The van der Waals surface area contributed by atoms with Crippen LogP contribution in [0.2, 0.25) is 5.02 Å². The molecule has 2 rings (SSSR count). The lowest BCUT2D eigenvalue weighted by Gasteiger charge is -2.20. The van der Waals surface area contributed by atoms with Crippen molar-refractivity contribution in [2.24, 2.45) is 0 Å². The van der Waals surface area contributed by atoms with Crippen LogP contribution in [0.4, 0.5) is 4.39 Å². The zero-order chi connectivity index (χ0) is 13.8. The molecule has 1 N–H and O–H groups in total. The first-order valence-corrected chi connectivity index (χ1v) is 8.14. The summed E-state index contributed by atoms with van der Waals surface area (Å²) in [5, 5.41) is 8.03. The van der Waals surface area contributed by atoms with E-state index in [1.165, 1.54) is 12.1 Å². The van der Waals surface area contributed by atoms with Crippen molar-refractivity contribution in [2.45, 2.75) is 19.4 Å². The van der Waals surface area contributed by atoms with E-state index >= 15 is 0 Å². The molecule has 1 aromatic heterocycles. The van der Waals surface area contributed by atoms with Gasteiger partial charge in [0.2, 0.25) is 0 Å². The molecule has 1 atom stereocenters. The van der Waals surface area contributed by atoms with E-state index in [1.807, 2.05) is 5.38 Å². The van der Waals surface area contributed by atoms with Gasteiger partial charge in [-0.1, -0.05) is 24.6 Å². The average Bonchev–Trinajstić information content (AvgIpc) is 2.78. The minimum atomic E-state index is -0.313. The van der Waals surface area contributed by atoms with Gasteiger partial charge < -0.3 is 5.32 Å².